The number of rotatable bonds is 6. The molecule has 1 unspecified atom stereocenters. The van der Waals surface area contributed by atoms with Gasteiger partial charge in [-0.2, -0.15) is 5.10 Å². The predicted molar refractivity (Wildman–Crippen MR) is 89.7 cm³/mol. The molecule has 2 rings (SSSR count). The summed E-state index contributed by atoms with van der Waals surface area (Å²) in [6, 6.07) is 10.9. The summed E-state index contributed by atoms with van der Waals surface area (Å²) in [6.07, 6.45) is 1.06. The molecule has 4 heteroatoms. The van der Waals surface area contributed by atoms with Crippen LogP contribution in [0.5, 0.6) is 0 Å². The van der Waals surface area contributed by atoms with Gasteiger partial charge in [-0.3, -0.25) is 0 Å². The number of aryl methyl sites for hydroxylation is 1. The van der Waals surface area contributed by atoms with Crippen molar-refractivity contribution in [2.45, 2.75) is 46.1 Å². The normalized spacial score (nSPS) is 12.6. The molecule has 0 aliphatic heterocycles. The van der Waals surface area contributed by atoms with Gasteiger partial charge in [0.2, 0.25) is 0 Å². The lowest BCUT2D eigenvalue weighted by molar-refractivity contribution is 0.533. The fourth-order valence-corrected chi connectivity index (χ4v) is 2.47. The first-order valence-electron chi connectivity index (χ1n) is 7.64. The lowest BCUT2D eigenvalue weighted by Crippen LogP contribution is -2.13. The van der Waals surface area contributed by atoms with Crippen molar-refractivity contribution in [3.8, 4) is 0 Å². The van der Waals surface area contributed by atoms with Crippen LogP contribution in [0.4, 0.5) is 11.5 Å². The first kappa shape index (κ1) is 15.4. The van der Waals surface area contributed by atoms with E-state index in [2.05, 4.69) is 61.5 Å². The Labute approximate surface area is 127 Å². The highest BCUT2D eigenvalue weighted by molar-refractivity contribution is 5.64. The summed E-state index contributed by atoms with van der Waals surface area (Å²) in [5, 5.41) is 7.95. The molecule has 0 aliphatic carbocycles. The molecule has 2 aromatic rings. The molecule has 1 aromatic heterocycles. The molecule has 0 radical (unpaired) electrons. The van der Waals surface area contributed by atoms with Gasteiger partial charge in [0.05, 0.1) is 11.4 Å². The molecular weight excluding hydrogens is 260 g/mol. The highest BCUT2D eigenvalue weighted by Crippen LogP contribution is 2.26. The summed E-state index contributed by atoms with van der Waals surface area (Å²) in [5.41, 5.74) is 9.15. The van der Waals surface area contributed by atoms with E-state index in [1.54, 1.807) is 0 Å². The van der Waals surface area contributed by atoms with E-state index in [4.69, 9.17) is 5.73 Å². The van der Waals surface area contributed by atoms with Crippen molar-refractivity contribution in [3.05, 3.63) is 41.6 Å². The minimum atomic E-state index is 0.301. The third-order valence-corrected chi connectivity index (χ3v) is 3.86. The van der Waals surface area contributed by atoms with Crippen LogP contribution in [0.1, 0.15) is 50.4 Å². The van der Waals surface area contributed by atoms with Gasteiger partial charge in [0, 0.05) is 12.6 Å². The Morgan fingerprint density at radius 1 is 1.19 bits per heavy atom. The van der Waals surface area contributed by atoms with Gasteiger partial charge < -0.3 is 11.1 Å². The van der Waals surface area contributed by atoms with Crippen molar-refractivity contribution in [1.82, 2.24) is 9.78 Å². The van der Waals surface area contributed by atoms with Crippen molar-refractivity contribution < 1.29 is 0 Å². The summed E-state index contributed by atoms with van der Waals surface area (Å²) in [6.45, 7) is 9.32. The number of nitrogens with one attached hydrogen (secondary N) is 1. The summed E-state index contributed by atoms with van der Waals surface area (Å²) >= 11 is 0. The van der Waals surface area contributed by atoms with Crippen LogP contribution in [0, 0.1) is 6.92 Å². The van der Waals surface area contributed by atoms with Gasteiger partial charge in [-0.05, 0) is 38.7 Å². The van der Waals surface area contributed by atoms with Crippen LogP contribution in [-0.2, 0) is 0 Å². The van der Waals surface area contributed by atoms with E-state index in [0.29, 0.717) is 12.0 Å². The number of aromatic nitrogens is 2. The van der Waals surface area contributed by atoms with Gasteiger partial charge >= 0.3 is 0 Å². The van der Waals surface area contributed by atoms with Crippen LogP contribution < -0.4 is 11.1 Å². The molecule has 1 aromatic carbocycles. The third-order valence-electron chi connectivity index (χ3n) is 3.86. The summed E-state index contributed by atoms with van der Waals surface area (Å²) < 4.78 is 1.97. The van der Waals surface area contributed by atoms with Gasteiger partial charge in [-0.1, -0.05) is 37.3 Å². The van der Waals surface area contributed by atoms with E-state index in [-0.39, 0.29) is 0 Å². The number of anilines is 2. The third kappa shape index (κ3) is 3.57. The Hall–Kier alpha value is -1.97. The van der Waals surface area contributed by atoms with E-state index in [1.165, 1.54) is 5.56 Å². The number of nitrogens with two attached hydrogens (primary N) is 1. The number of benzene rings is 1. The van der Waals surface area contributed by atoms with Crippen LogP contribution in [0.15, 0.2) is 30.3 Å². The highest BCUT2D eigenvalue weighted by Gasteiger charge is 2.14. The SMILES string of the molecule is Cc1nn(C(C)C)c(NCCC(C)c2ccccc2)c1N. The van der Waals surface area contributed by atoms with Crippen molar-refractivity contribution in [3.63, 3.8) is 0 Å². The number of hydrogen-bond donors (Lipinski definition) is 2. The van der Waals surface area contributed by atoms with Gasteiger partial charge in [0.25, 0.3) is 0 Å². The van der Waals surface area contributed by atoms with Gasteiger partial charge in [0.15, 0.2) is 0 Å². The molecule has 0 saturated carbocycles. The van der Waals surface area contributed by atoms with Crippen molar-refractivity contribution >= 4 is 11.5 Å². The number of nitrogen functional groups attached to an aromatic ring is 1. The first-order chi connectivity index (χ1) is 10.0. The molecule has 0 spiro atoms. The molecule has 0 saturated heterocycles. The lowest BCUT2D eigenvalue weighted by atomic mass is 9.98. The monoisotopic (exact) mass is 286 g/mol. The maximum absolute atomic E-state index is 6.12. The Morgan fingerprint density at radius 2 is 1.86 bits per heavy atom. The van der Waals surface area contributed by atoms with E-state index in [9.17, 15) is 0 Å². The average Bonchev–Trinajstić information content (AvgIpc) is 2.76. The van der Waals surface area contributed by atoms with E-state index < -0.39 is 0 Å². The fourth-order valence-electron chi connectivity index (χ4n) is 2.47. The Kier molecular flexibility index (Phi) is 4.89. The molecule has 1 atom stereocenters. The minimum Gasteiger partial charge on any atom is -0.394 e. The first-order valence-corrected chi connectivity index (χ1v) is 7.64. The van der Waals surface area contributed by atoms with E-state index >= 15 is 0 Å². The van der Waals surface area contributed by atoms with Gasteiger partial charge in [-0.15, -0.1) is 0 Å². The molecular formula is C17H26N4. The second-order valence-electron chi connectivity index (χ2n) is 5.91. The summed E-state index contributed by atoms with van der Waals surface area (Å²) in [5.74, 6) is 1.47. The van der Waals surface area contributed by atoms with Gasteiger partial charge in [0.1, 0.15) is 5.82 Å². The van der Waals surface area contributed by atoms with Crippen molar-refractivity contribution in [1.29, 1.82) is 0 Å². The molecule has 114 valence electrons. The topological polar surface area (TPSA) is 55.9 Å². The standard InChI is InChI=1S/C17H26N4/c1-12(2)21-17(16(18)14(4)20-21)19-11-10-13(3)15-8-6-5-7-9-15/h5-9,12-13,19H,10-11,18H2,1-4H3. The Bertz CT molecular complexity index is 572. The quantitative estimate of drug-likeness (QED) is 0.845. The van der Waals surface area contributed by atoms with Gasteiger partial charge in [-0.25, -0.2) is 4.68 Å². The van der Waals surface area contributed by atoms with Crippen LogP contribution in [0.3, 0.4) is 0 Å². The summed E-state index contributed by atoms with van der Waals surface area (Å²) in [7, 11) is 0. The van der Waals surface area contributed by atoms with E-state index in [0.717, 1.165) is 30.2 Å². The minimum absolute atomic E-state index is 0.301. The summed E-state index contributed by atoms with van der Waals surface area (Å²) in [4.78, 5) is 0. The molecule has 3 N–H and O–H groups in total. The molecule has 0 amide bonds. The predicted octanol–water partition coefficient (Wildman–Crippen LogP) is 3.96. The zero-order chi connectivity index (χ0) is 15.4. The number of hydrogen-bond acceptors (Lipinski definition) is 3. The molecule has 1 heterocycles. The highest BCUT2D eigenvalue weighted by atomic mass is 15.4. The molecule has 0 aliphatic rings. The molecule has 21 heavy (non-hydrogen) atoms. The van der Waals surface area contributed by atoms with Crippen molar-refractivity contribution in [2.75, 3.05) is 17.6 Å². The smallest absolute Gasteiger partial charge is 0.148 e. The number of nitrogens with zero attached hydrogens (tertiary/aromatic N) is 2. The van der Waals surface area contributed by atoms with Crippen LogP contribution in [-0.4, -0.2) is 16.3 Å². The molecule has 0 bridgehead atoms. The van der Waals surface area contributed by atoms with Crippen LogP contribution in [0.2, 0.25) is 0 Å². The molecule has 0 fully saturated rings. The maximum Gasteiger partial charge on any atom is 0.148 e. The second kappa shape index (κ2) is 6.66. The Morgan fingerprint density at radius 3 is 2.48 bits per heavy atom. The van der Waals surface area contributed by atoms with Crippen molar-refractivity contribution in [2.24, 2.45) is 0 Å². The molecule has 4 nitrogen and oxygen atoms in total. The van der Waals surface area contributed by atoms with E-state index in [1.807, 2.05) is 11.6 Å². The average molecular weight is 286 g/mol. The zero-order valence-electron chi connectivity index (χ0n) is 13.4. The fraction of sp³-hybridized carbons (Fsp3) is 0.471. The van der Waals surface area contributed by atoms with Crippen LogP contribution >= 0.6 is 0 Å². The maximum atomic E-state index is 6.12. The lowest BCUT2D eigenvalue weighted by Gasteiger charge is -2.16. The zero-order valence-corrected chi connectivity index (χ0v) is 13.4. The van der Waals surface area contributed by atoms with Crippen LogP contribution in [0.25, 0.3) is 0 Å². The second-order valence-corrected chi connectivity index (χ2v) is 5.91. The Balaban J connectivity index is 1.98. The largest absolute Gasteiger partial charge is 0.394 e.